The lowest BCUT2D eigenvalue weighted by Gasteiger charge is -2.46. The third-order valence-electron chi connectivity index (χ3n) is 4.20. The molecule has 4 atom stereocenters. The van der Waals surface area contributed by atoms with Crippen LogP contribution >= 0.6 is 11.8 Å². The van der Waals surface area contributed by atoms with Crippen LogP contribution in [0.2, 0.25) is 0 Å². The van der Waals surface area contributed by atoms with E-state index in [-0.39, 0.29) is 23.5 Å². The highest BCUT2D eigenvalue weighted by Gasteiger charge is 2.55. The Balaban J connectivity index is 2.08. The Bertz CT molecular complexity index is 515. The topological polar surface area (TPSA) is 37.3 Å². The molecule has 1 N–H and O–H groups in total. The van der Waals surface area contributed by atoms with Gasteiger partial charge in [-0.2, -0.15) is 0 Å². The van der Waals surface area contributed by atoms with Crippen molar-refractivity contribution in [1.82, 2.24) is 0 Å². The standard InChI is InChI=1S/C16H18O2S/c1-2-19-16(18)14-10-6-5-8-12(14)11-7-3-4-9-13(11)15(16)17/h3-8,10,12-14,18H,2,9H2,1H3. The second kappa shape index (κ2) is 4.80. The van der Waals surface area contributed by atoms with Crippen LogP contribution < -0.4 is 0 Å². The molecule has 100 valence electrons. The van der Waals surface area contributed by atoms with Gasteiger partial charge in [0.25, 0.3) is 0 Å². The number of thioether (sulfide) groups is 1. The Hall–Kier alpha value is -1.06. The average molecular weight is 274 g/mol. The minimum atomic E-state index is -1.27. The summed E-state index contributed by atoms with van der Waals surface area (Å²) < 4.78 is 0. The molecule has 3 rings (SSSR count). The SMILES string of the molecule is CCSC1(O)C(=O)C2CC=CC=C2C2C=CC=CC21. The summed E-state index contributed by atoms with van der Waals surface area (Å²) in [6.07, 6.45) is 14.9. The number of ketones is 1. The zero-order valence-corrected chi connectivity index (χ0v) is 11.8. The highest BCUT2D eigenvalue weighted by molar-refractivity contribution is 8.01. The van der Waals surface area contributed by atoms with Crippen LogP contribution in [0.5, 0.6) is 0 Å². The van der Waals surface area contributed by atoms with Crippen LogP contribution in [0.1, 0.15) is 13.3 Å². The monoisotopic (exact) mass is 274 g/mol. The zero-order chi connectivity index (χ0) is 13.5. The summed E-state index contributed by atoms with van der Waals surface area (Å²) in [7, 11) is 0. The van der Waals surface area contributed by atoms with E-state index in [1.807, 2.05) is 37.3 Å². The average Bonchev–Trinajstić information content (AvgIpc) is 2.46. The number of Topliss-reactive ketones (excluding diaryl/α,β-unsaturated/α-hetero) is 1. The van der Waals surface area contributed by atoms with Crippen molar-refractivity contribution in [2.75, 3.05) is 5.75 Å². The number of aliphatic hydroxyl groups is 1. The van der Waals surface area contributed by atoms with Crippen LogP contribution in [-0.4, -0.2) is 21.6 Å². The first-order valence-electron chi connectivity index (χ1n) is 6.80. The first-order chi connectivity index (χ1) is 9.18. The molecule has 2 nitrogen and oxygen atoms in total. The molecule has 0 heterocycles. The molecule has 0 saturated heterocycles. The predicted molar refractivity (Wildman–Crippen MR) is 78.7 cm³/mol. The number of rotatable bonds is 2. The number of carbonyl (C=O) groups is 1. The number of hydrogen-bond donors (Lipinski definition) is 1. The van der Waals surface area contributed by atoms with Crippen LogP contribution in [0.15, 0.2) is 48.1 Å². The summed E-state index contributed by atoms with van der Waals surface area (Å²) in [6, 6.07) is 0. The molecular weight excluding hydrogens is 256 g/mol. The van der Waals surface area contributed by atoms with E-state index in [1.165, 1.54) is 17.3 Å². The van der Waals surface area contributed by atoms with Gasteiger partial charge in [0.1, 0.15) is 0 Å². The minimum Gasteiger partial charge on any atom is -0.372 e. The number of carbonyl (C=O) groups excluding carboxylic acids is 1. The summed E-state index contributed by atoms with van der Waals surface area (Å²) in [5.41, 5.74) is 1.17. The van der Waals surface area contributed by atoms with Gasteiger partial charge in [0.15, 0.2) is 10.7 Å². The molecule has 0 spiro atoms. The molecular formula is C16H18O2S. The van der Waals surface area contributed by atoms with E-state index in [0.717, 1.165) is 12.2 Å². The quantitative estimate of drug-likeness (QED) is 0.787. The van der Waals surface area contributed by atoms with E-state index < -0.39 is 4.93 Å². The molecule has 0 aliphatic heterocycles. The normalized spacial score (nSPS) is 39.8. The van der Waals surface area contributed by atoms with Crippen molar-refractivity contribution < 1.29 is 9.90 Å². The van der Waals surface area contributed by atoms with Crippen LogP contribution in [0.4, 0.5) is 0 Å². The lowest BCUT2D eigenvalue weighted by molar-refractivity contribution is -0.138. The Morgan fingerprint density at radius 3 is 2.95 bits per heavy atom. The summed E-state index contributed by atoms with van der Waals surface area (Å²) >= 11 is 1.37. The van der Waals surface area contributed by atoms with E-state index >= 15 is 0 Å². The first-order valence-corrected chi connectivity index (χ1v) is 7.79. The van der Waals surface area contributed by atoms with Crippen molar-refractivity contribution in [1.29, 1.82) is 0 Å². The molecule has 0 bridgehead atoms. The summed E-state index contributed by atoms with van der Waals surface area (Å²) in [5, 5.41) is 11.0. The highest BCUT2D eigenvalue weighted by atomic mass is 32.2. The van der Waals surface area contributed by atoms with Gasteiger partial charge in [-0.3, -0.25) is 4.79 Å². The van der Waals surface area contributed by atoms with Crippen molar-refractivity contribution >= 4 is 17.5 Å². The minimum absolute atomic E-state index is 0.0175. The third-order valence-corrected chi connectivity index (χ3v) is 5.41. The van der Waals surface area contributed by atoms with Crippen LogP contribution in [0.3, 0.4) is 0 Å². The van der Waals surface area contributed by atoms with E-state index in [4.69, 9.17) is 0 Å². The highest BCUT2D eigenvalue weighted by Crippen LogP contribution is 2.51. The molecule has 0 aromatic rings. The molecule has 4 unspecified atom stereocenters. The molecule has 1 fully saturated rings. The maximum atomic E-state index is 12.7. The Labute approximate surface area is 118 Å². The summed E-state index contributed by atoms with van der Waals surface area (Å²) in [5.74, 6) is 0.596. The van der Waals surface area contributed by atoms with Crippen molar-refractivity contribution in [3.63, 3.8) is 0 Å². The van der Waals surface area contributed by atoms with Crippen molar-refractivity contribution in [3.8, 4) is 0 Å². The van der Waals surface area contributed by atoms with Crippen molar-refractivity contribution in [2.24, 2.45) is 17.8 Å². The van der Waals surface area contributed by atoms with E-state index in [1.54, 1.807) is 0 Å². The maximum Gasteiger partial charge on any atom is 0.182 e. The number of fused-ring (bicyclic) bond motifs is 3. The molecule has 3 aliphatic rings. The fourth-order valence-corrected chi connectivity index (χ4v) is 4.49. The maximum absolute atomic E-state index is 12.7. The molecule has 0 aromatic carbocycles. The van der Waals surface area contributed by atoms with Gasteiger partial charge in [-0.1, -0.05) is 55.0 Å². The van der Waals surface area contributed by atoms with E-state index in [0.29, 0.717) is 0 Å². The lowest BCUT2D eigenvalue weighted by atomic mass is 9.64. The molecule has 0 amide bonds. The van der Waals surface area contributed by atoms with Gasteiger partial charge in [-0.25, -0.2) is 0 Å². The van der Waals surface area contributed by atoms with Crippen LogP contribution in [0, 0.1) is 17.8 Å². The lowest BCUT2D eigenvalue weighted by Crippen LogP contribution is -2.54. The number of allylic oxidation sites excluding steroid dienone is 7. The first kappa shape index (κ1) is 12.9. The third kappa shape index (κ3) is 1.87. The fraction of sp³-hybridized carbons (Fsp3) is 0.438. The van der Waals surface area contributed by atoms with Gasteiger partial charge in [0.2, 0.25) is 0 Å². The van der Waals surface area contributed by atoms with Gasteiger partial charge < -0.3 is 5.11 Å². The second-order valence-corrected chi connectivity index (χ2v) is 6.69. The van der Waals surface area contributed by atoms with Gasteiger partial charge in [-0.05, 0) is 12.2 Å². The molecule has 3 heteroatoms. The molecule has 1 saturated carbocycles. The van der Waals surface area contributed by atoms with Crippen molar-refractivity contribution in [2.45, 2.75) is 18.3 Å². The predicted octanol–water partition coefficient (Wildman–Crippen LogP) is 2.87. The largest absolute Gasteiger partial charge is 0.372 e. The Kier molecular flexibility index (Phi) is 3.27. The number of hydrogen-bond acceptors (Lipinski definition) is 3. The molecule has 19 heavy (non-hydrogen) atoms. The van der Waals surface area contributed by atoms with Crippen LogP contribution in [0.25, 0.3) is 0 Å². The molecule has 3 aliphatic carbocycles. The van der Waals surface area contributed by atoms with Crippen molar-refractivity contribution in [3.05, 3.63) is 48.1 Å². The van der Waals surface area contributed by atoms with Gasteiger partial charge >= 0.3 is 0 Å². The van der Waals surface area contributed by atoms with Crippen LogP contribution in [-0.2, 0) is 4.79 Å². The summed E-state index contributed by atoms with van der Waals surface area (Å²) in [6.45, 7) is 1.99. The molecule has 0 radical (unpaired) electrons. The van der Waals surface area contributed by atoms with E-state index in [2.05, 4.69) is 12.2 Å². The molecule has 0 aromatic heterocycles. The second-order valence-electron chi connectivity index (χ2n) is 5.20. The zero-order valence-electron chi connectivity index (χ0n) is 11.0. The van der Waals surface area contributed by atoms with E-state index in [9.17, 15) is 9.90 Å². The fourth-order valence-electron chi connectivity index (χ4n) is 3.35. The Morgan fingerprint density at radius 1 is 1.37 bits per heavy atom. The summed E-state index contributed by atoms with van der Waals surface area (Å²) in [4.78, 5) is 11.5. The van der Waals surface area contributed by atoms with Gasteiger partial charge in [-0.15, -0.1) is 11.8 Å². The van der Waals surface area contributed by atoms with Gasteiger partial charge in [0.05, 0.1) is 0 Å². The smallest absolute Gasteiger partial charge is 0.182 e. The Morgan fingerprint density at radius 2 is 2.16 bits per heavy atom. The van der Waals surface area contributed by atoms with Gasteiger partial charge in [0, 0.05) is 17.8 Å².